The predicted molar refractivity (Wildman–Crippen MR) is 38.4 cm³/mol. The molecule has 60 valence electrons. The summed E-state index contributed by atoms with van der Waals surface area (Å²) >= 11 is 0. The van der Waals surface area contributed by atoms with E-state index >= 15 is 0 Å². The molecule has 0 amide bonds. The smallest absolute Gasteiger partial charge is 0.310 e. The third-order valence-electron chi connectivity index (χ3n) is 1.98. The fourth-order valence-electron chi connectivity index (χ4n) is 1.23. The highest BCUT2D eigenvalue weighted by molar-refractivity contribution is 5.75. The maximum Gasteiger partial charge on any atom is 0.310 e. The second kappa shape index (κ2) is 2.91. The van der Waals surface area contributed by atoms with Gasteiger partial charge in [0.25, 0.3) is 0 Å². The Kier molecular flexibility index (Phi) is 2.13. The summed E-state index contributed by atoms with van der Waals surface area (Å²) in [4.78, 5) is 11.0. The first kappa shape index (κ1) is 8.06. The van der Waals surface area contributed by atoms with E-state index < -0.39 is 6.10 Å². The topological polar surface area (TPSA) is 50.1 Å². The zero-order chi connectivity index (χ0) is 8.43. The number of hydrogen-bond donors (Lipinski definition) is 0. The highest BCUT2D eigenvalue weighted by Crippen LogP contribution is 2.26. The summed E-state index contributed by atoms with van der Waals surface area (Å²) in [5.41, 5.74) is 0. The highest BCUT2D eigenvalue weighted by atomic mass is 16.5. The summed E-state index contributed by atoms with van der Waals surface area (Å²) < 4.78 is 4.78. The van der Waals surface area contributed by atoms with Gasteiger partial charge in [-0.25, -0.2) is 0 Å². The molecule has 0 bridgehead atoms. The minimum Gasteiger partial charge on any atom is -0.447 e. The number of hydrogen-bond acceptors (Lipinski definition) is 3. The zero-order valence-corrected chi connectivity index (χ0v) is 6.70. The summed E-state index contributed by atoms with van der Waals surface area (Å²) in [6.45, 7) is 3.93. The van der Waals surface area contributed by atoms with Gasteiger partial charge in [-0.1, -0.05) is 13.8 Å². The summed E-state index contributed by atoms with van der Waals surface area (Å²) in [5.74, 6) is -0.00736. The average molecular weight is 153 g/mol. The van der Waals surface area contributed by atoms with Crippen LogP contribution in [0.15, 0.2) is 0 Å². The fraction of sp³-hybridized carbons (Fsp3) is 0.750. The molecule has 0 aliphatic carbocycles. The van der Waals surface area contributed by atoms with E-state index in [1.807, 2.05) is 19.9 Å². The molecular weight excluding hydrogens is 142 g/mol. The van der Waals surface area contributed by atoms with Crippen LogP contribution in [0.5, 0.6) is 0 Å². The van der Waals surface area contributed by atoms with Crippen molar-refractivity contribution in [3.05, 3.63) is 0 Å². The van der Waals surface area contributed by atoms with E-state index in [0.717, 1.165) is 0 Å². The lowest BCUT2D eigenvalue weighted by Crippen LogP contribution is -2.13. The minimum atomic E-state index is -0.505. The van der Waals surface area contributed by atoms with Gasteiger partial charge in [-0.2, -0.15) is 5.26 Å². The Morgan fingerprint density at radius 2 is 2.36 bits per heavy atom. The quantitative estimate of drug-likeness (QED) is 0.530. The van der Waals surface area contributed by atoms with Gasteiger partial charge in [-0.15, -0.1) is 0 Å². The Hall–Kier alpha value is -1.04. The Bertz CT molecular complexity index is 205. The first-order valence-corrected chi connectivity index (χ1v) is 3.75. The lowest BCUT2D eigenvalue weighted by molar-refractivity contribution is -0.143. The van der Waals surface area contributed by atoms with Crippen molar-refractivity contribution >= 4 is 5.97 Å². The van der Waals surface area contributed by atoms with E-state index in [1.54, 1.807) is 0 Å². The third-order valence-corrected chi connectivity index (χ3v) is 1.98. The van der Waals surface area contributed by atoms with Crippen molar-refractivity contribution in [2.24, 2.45) is 11.8 Å². The van der Waals surface area contributed by atoms with Crippen LogP contribution in [0.1, 0.15) is 20.3 Å². The number of esters is 1. The number of nitriles is 1. The number of ether oxygens (including phenoxy) is 1. The van der Waals surface area contributed by atoms with Crippen LogP contribution < -0.4 is 0 Å². The van der Waals surface area contributed by atoms with E-state index in [4.69, 9.17) is 10.00 Å². The number of carbonyl (C=O) groups excluding carboxylic acids is 1. The van der Waals surface area contributed by atoms with Crippen molar-refractivity contribution in [1.82, 2.24) is 0 Å². The van der Waals surface area contributed by atoms with Crippen LogP contribution in [0, 0.1) is 23.2 Å². The van der Waals surface area contributed by atoms with Gasteiger partial charge in [-0.3, -0.25) is 4.79 Å². The van der Waals surface area contributed by atoms with E-state index in [1.165, 1.54) is 0 Å². The molecule has 3 heteroatoms. The van der Waals surface area contributed by atoms with Crippen molar-refractivity contribution in [2.75, 3.05) is 0 Å². The lowest BCUT2D eigenvalue weighted by Gasteiger charge is -2.07. The Morgan fingerprint density at radius 3 is 2.64 bits per heavy atom. The van der Waals surface area contributed by atoms with Gasteiger partial charge in [0.05, 0.1) is 5.92 Å². The van der Waals surface area contributed by atoms with Crippen molar-refractivity contribution in [1.29, 1.82) is 5.26 Å². The summed E-state index contributed by atoms with van der Waals surface area (Å²) in [6.07, 6.45) is 0.0578. The summed E-state index contributed by atoms with van der Waals surface area (Å²) in [7, 11) is 0. The second-order valence-corrected chi connectivity index (χ2v) is 3.14. The normalized spacial score (nSPS) is 30.2. The molecule has 0 aromatic carbocycles. The molecule has 1 aliphatic heterocycles. The molecule has 11 heavy (non-hydrogen) atoms. The van der Waals surface area contributed by atoms with Gasteiger partial charge in [0, 0.05) is 6.42 Å². The van der Waals surface area contributed by atoms with Gasteiger partial charge in [-0.05, 0) is 5.92 Å². The second-order valence-electron chi connectivity index (χ2n) is 3.14. The van der Waals surface area contributed by atoms with Crippen LogP contribution in [-0.4, -0.2) is 12.1 Å². The van der Waals surface area contributed by atoms with Gasteiger partial charge < -0.3 is 4.74 Å². The lowest BCUT2D eigenvalue weighted by atomic mass is 9.93. The van der Waals surface area contributed by atoms with Crippen LogP contribution in [0.25, 0.3) is 0 Å². The Morgan fingerprint density at radius 1 is 1.73 bits per heavy atom. The maximum atomic E-state index is 11.0. The molecule has 1 saturated heterocycles. The Balaban J connectivity index is 2.60. The van der Waals surface area contributed by atoms with Crippen molar-refractivity contribution in [3.63, 3.8) is 0 Å². The van der Waals surface area contributed by atoms with Gasteiger partial charge >= 0.3 is 5.97 Å². The SMILES string of the molecule is CC(C)[C@@H]1C[C@@H](C#N)OC1=O. The maximum absolute atomic E-state index is 11.0. The predicted octanol–water partition coefficient (Wildman–Crippen LogP) is 1.10. The molecule has 0 unspecified atom stereocenters. The van der Waals surface area contributed by atoms with Crippen molar-refractivity contribution in [2.45, 2.75) is 26.4 Å². The van der Waals surface area contributed by atoms with E-state index in [-0.39, 0.29) is 17.8 Å². The molecule has 0 aromatic rings. The molecule has 1 heterocycles. The molecule has 0 spiro atoms. The van der Waals surface area contributed by atoms with Crippen LogP contribution in [0.2, 0.25) is 0 Å². The van der Waals surface area contributed by atoms with Crippen molar-refractivity contribution in [3.8, 4) is 6.07 Å². The summed E-state index contributed by atoms with van der Waals surface area (Å²) in [5, 5.41) is 8.46. The van der Waals surface area contributed by atoms with Crippen LogP contribution in [0.3, 0.4) is 0 Å². The molecule has 0 N–H and O–H groups in total. The molecule has 1 fully saturated rings. The molecule has 1 rings (SSSR count). The molecule has 0 saturated carbocycles. The van der Waals surface area contributed by atoms with Gasteiger partial charge in [0.2, 0.25) is 0 Å². The molecule has 0 aromatic heterocycles. The highest BCUT2D eigenvalue weighted by Gasteiger charge is 2.36. The monoisotopic (exact) mass is 153 g/mol. The van der Waals surface area contributed by atoms with Crippen LogP contribution >= 0.6 is 0 Å². The fourth-order valence-corrected chi connectivity index (χ4v) is 1.23. The first-order valence-electron chi connectivity index (χ1n) is 3.75. The third kappa shape index (κ3) is 1.51. The average Bonchev–Trinajstić information content (AvgIpc) is 2.30. The molecule has 3 nitrogen and oxygen atoms in total. The standard InChI is InChI=1S/C8H11NO2/c1-5(2)7-3-6(4-9)11-8(7)10/h5-7H,3H2,1-2H3/t6-,7-/m0/s1. The largest absolute Gasteiger partial charge is 0.447 e. The van der Waals surface area contributed by atoms with E-state index in [2.05, 4.69) is 0 Å². The number of nitrogens with zero attached hydrogens (tertiary/aromatic N) is 1. The molecular formula is C8H11NO2. The summed E-state index contributed by atoms with van der Waals surface area (Å²) in [6, 6.07) is 1.94. The molecule has 1 aliphatic rings. The first-order chi connectivity index (χ1) is 5.15. The Labute approximate surface area is 66.0 Å². The number of rotatable bonds is 1. The van der Waals surface area contributed by atoms with Gasteiger partial charge in [0.15, 0.2) is 6.10 Å². The minimum absolute atomic E-state index is 0.0698. The zero-order valence-electron chi connectivity index (χ0n) is 6.70. The van der Waals surface area contributed by atoms with E-state index in [0.29, 0.717) is 6.42 Å². The molecule has 0 radical (unpaired) electrons. The van der Waals surface area contributed by atoms with Crippen LogP contribution in [-0.2, 0) is 9.53 Å². The van der Waals surface area contributed by atoms with Crippen molar-refractivity contribution < 1.29 is 9.53 Å². The number of cyclic esters (lactones) is 1. The number of carbonyl (C=O) groups is 1. The van der Waals surface area contributed by atoms with Gasteiger partial charge in [0.1, 0.15) is 6.07 Å². The van der Waals surface area contributed by atoms with E-state index in [9.17, 15) is 4.79 Å². The molecule has 2 atom stereocenters. The van der Waals surface area contributed by atoms with Crippen LogP contribution in [0.4, 0.5) is 0 Å².